The van der Waals surface area contributed by atoms with E-state index in [1.165, 1.54) is 0 Å². The fourth-order valence-electron chi connectivity index (χ4n) is 3.57. The molecule has 1 saturated carbocycles. The summed E-state index contributed by atoms with van der Waals surface area (Å²) in [6.45, 7) is 6.71. The van der Waals surface area contributed by atoms with Crippen LogP contribution in [0.25, 0.3) is 0 Å². The molecule has 0 aromatic heterocycles. The average Bonchev–Trinajstić information content (AvgIpc) is 2.45. The fourth-order valence-corrected chi connectivity index (χ4v) is 3.84. The summed E-state index contributed by atoms with van der Waals surface area (Å²) in [6, 6.07) is 7.83. The van der Waals surface area contributed by atoms with E-state index < -0.39 is 11.2 Å². The maximum absolute atomic E-state index is 12.2. The van der Waals surface area contributed by atoms with Gasteiger partial charge < -0.3 is 14.7 Å². The number of nitrogens with zero attached hydrogens (tertiary/aromatic N) is 1. The van der Waals surface area contributed by atoms with Gasteiger partial charge in [-0.05, 0) is 44.9 Å². The molecule has 4 rings (SSSR count). The van der Waals surface area contributed by atoms with Crippen LogP contribution < -0.4 is 0 Å². The topological polar surface area (TPSA) is 49.8 Å². The van der Waals surface area contributed by atoms with Crippen molar-refractivity contribution in [1.29, 1.82) is 0 Å². The van der Waals surface area contributed by atoms with Crippen molar-refractivity contribution >= 4 is 22.0 Å². The molecular weight excluding hydrogens is 346 g/mol. The summed E-state index contributed by atoms with van der Waals surface area (Å²) >= 11 is 3.42. The van der Waals surface area contributed by atoms with Crippen LogP contribution in [-0.4, -0.2) is 34.8 Å². The van der Waals surface area contributed by atoms with Gasteiger partial charge >= 0.3 is 6.09 Å². The van der Waals surface area contributed by atoms with Crippen molar-refractivity contribution in [2.24, 2.45) is 11.8 Å². The number of hydrogen-bond acceptors (Lipinski definition) is 3. The van der Waals surface area contributed by atoms with E-state index in [-0.39, 0.29) is 17.9 Å². The second-order valence-electron chi connectivity index (χ2n) is 7.35. The number of amides is 1. The molecule has 0 radical (unpaired) electrons. The number of carbonyl (C=O) groups excluding carboxylic acids is 1. The van der Waals surface area contributed by atoms with Crippen LogP contribution in [0.5, 0.6) is 0 Å². The van der Waals surface area contributed by atoms with Crippen LogP contribution in [-0.2, 0) is 10.3 Å². The summed E-state index contributed by atoms with van der Waals surface area (Å²) in [4.78, 5) is 13.9. The highest BCUT2D eigenvalue weighted by molar-refractivity contribution is 9.10. The zero-order chi connectivity index (χ0) is 16.1. The summed E-state index contributed by atoms with van der Waals surface area (Å²) in [5.74, 6) is 0.167. The third kappa shape index (κ3) is 2.65. The number of piperidine rings is 2. The lowest BCUT2D eigenvalue weighted by Gasteiger charge is -2.59. The molecule has 1 aliphatic carbocycles. The predicted molar refractivity (Wildman–Crippen MR) is 87.4 cm³/mol. The summed E-state index contributed by atoms with van der Waals surface area (Å²) in [6.07, 6.45) is 0.686. The zero-order valence-electron chi connectivity index (χ0n) is 13.2. The van der Waals surface area contributed by atoms with Crippen molar-refractivity contribution in [2.45, 2.75) is 38.4 Å². The molecule has 22 heavy (non-hydrogen) atoms. The molecule has 1 aromatic rings. The maximum Gasteiger partial charge on any atom is 0.410 e. The van der Waals surface area contributed by atoms with Gasteiger partial charge in [0.25, 0.3) is 0 Å². The number of hydrogen-bond donors (Lipinski definition) is 1. The minimum atomic E-state index is -0.806. The Morgan fingerprint density at radius 2 is 1.82 bits per heavy atom. The molecule has 1 N–H and O–H groups in total. The quantitative estimate of drug-likeness (QED) is 0.825. The lowest BCUT2D eigenvalue weighted by molar-refractivity contribution is -0.200. The Kier molecular flexibility index (Phi) is 3.76. The van der Waals surface area contributed by atoms with Crippen molar-refractivity contribution < 1.29 is 14.6 Å². The first-order valence-electron chi connectivity index (χ1n) is 7.66. The number of aliphatic hydroxyl groups is 1. The van der Waals surface area contributed by atoms with Crippen LogP contribution in [0, 0.1) is 11.8 Å². The second-order valence-corrected chi connectivity index (χ2v) is 8.26. The molecule has 1 aromatic carbocycles. The third-order valence-electron chi connectivity index (χ3n) is 4.65. The monoisotopic (exact) mass is 367 g/mol. The lowest BCUT2D eigenvalue weighted by Crippen LogP contribution is -2.66. The normalized spacial score (nSPS) is 30.7. The number of fused-ring (bicyclic) bond motifs is 2. The van der Waals surface area contributed by atoms with E-state index in [0.29, 0.717) is 13.1 Å². The van der Waals surface area contributed by atoms with E-state index in [1.807, 2.05) is 45.0 Å². The summed E-state index contributed by atoms with van der Waals surface area (Å²) < 4.78 is 6.43. The highest BCUT2D eigenvalue weighted by Gasteiger charge is 2.59. The maximum atomic E-state index is 12.2. The molecule has 2 bridgehead atoms. The van der Waals surface area contributed by atoms with E-state index >= 15 is 0 Å². The molecule has 2 aliphatic heterocycles. The zero-order valence-corrected chi connectivity index (χ0v) is 14.8. The number of carbonyl (C=O) groups is 1. The summed E-state index contributed by atoms with van der Waals surface area (Å²) in [7, 11) is 0. The molecular formula is C17H22BrNO3. The molecule has 3 fully saturated rings. The van der Waals surface area contributed by atoms with Crippen LogP contribution in [0.2, 0.25) is 0 Å². The van der Waals surface area contributed by atoms with Crippen molar-refractivity contribution in [1.82, 2.24) is 4.90 Å². The standard InChI is InChI=1S/C17H22BrNO3/c1-16(2,3)22-15(20)19-9-12-8-13(10-19)17(12,21)11-4-6-14(18)7-5-11/h4-7,12-13,21H,8-10H2,1-3H3. The van der Waals surface area contributed by atoms with Crippen molar-refractivity contribution in [3.8, 4) is 0 Å². The fraction of sp³-hybridized carbons (Fsp3) is 0.588. The Balaban J connectivity index is 1.72. The Morgan fingerprint density at radius 1 is 1.27 bits per heavy atom. The number of halogens is 1. The minimum absolute atomic E-state index is 0.0833. The van der Waals surface area contributed by atoms with Gasteiger partial charge in [0.1, 0.15) is 5.60 Å². The van der Waals surface area contributed by atoms with Crippen LogP contribution >= 0.6 is 15.9 Å². The van der Waals surface area contributed by atoms with Crippen LogP contribution in [0.4, 0.5) is 4.79 Å². The largest absolute Gasteiger partial charge is 0.444 e. The molecule has 2 unspecified atom stereocenters. The highest BCUT2D eigenvalue weighted by atomic mass is 79.9. The molecule has 3 aliphatic rings. The van der Waals surface area contributed by atoms with Gasteiger partial charge in [0.2, 0.25) is 0 Å². The van der Waals surface area contributed by atoms with Gasteiger partial charge in [-0.2, -0.15) is 0 Å². The van der Waals surface area contributed by atoms with Gasteiger partial charge in [-0.1, -0.05) is 28.1 Å². The van der Waals surface area contributed by atoms with Gasteiger partial charge in [-0.15, -0.1) is 0 Å². The van der Waals surface area contributed by atoms with E-state index in [0.717, 1.165) is 16.5 Å². The summed E-state index contributed by atoms with van der Waals surface area (Å²) in [5, 5.41) is 11.1. The molecule has 2 atom stereocenters. The Labute approximate surface area is 139 Å². The molecule has 2 heterocycles. The SMILES string of the molecule is CC(C)(C)OC(=O)N1CC2CC(C1)C2(O)c1ccc(Br)cc1. The van der Waals surface area contributed by atoms with Gasteiger partial charge in [-0.3, -0.25) is 0 Å². The lowest BCUT2D eigenvalue weighted by atomic mass is 9.55. The molecule has 5 heteroatoms. The third-order valence-corrected chi connectivity index (χ3v) is 5.18. The van der Waals surface area contributed by atoms with Gasteiger partial charge in [0.05, 0.1) is 5.60 Å². The molecule has 4 nitrogen and oxygen atoms in total. The minimum Gasteiger partial charge on any atom is -0.444 e. The van der Waals surface area contributed by atoms with E-state index in [1.54, 1.807) is 4.90 Å². The molecule has 1 amide bonds. The first-order chi connectivity index (χ1) is 10.2. The van der Waals surface area contributed by atoms with E-state index in [4.69, 9.17) is 4.74 Å². The predicted octanol–water partition coefficient (Wildman–Crippen LogP) is 3.52. The van der Waals surface area contributed by atoms with Crippen molar-refractivity contribution in [3.63, 3.8) is 0 Å². The molecule has 120 valence electrons. The Hall–Kier alpha value is -1.07. The first-order valence-corrected chi connectivity index (χ1v) is 8.46. The van der Waals surface area contributed by atoms with Crippen molar-refractivity contribution in [3.05, 3.63) is 34.3 Å². The average molecular weight is 368 g/mol. The molecule has 0 spiro atoms. The smallest absolute Gasteiger partial charge is 0.410 e. The highest BCUT2D eigenvalue weighted by Crippen LogP contribution is 2.55. The van der Waals surface area contributed by atoms with E-state index in [2.05, 4.69) is 15.9 Å². The Bertz CT molecular complexity index is 567. The van der Waals surface area contributed by atoms with Crippen LogP contribution in [0.1, 0.15) is 32.8 Å². The second kappa shape index (κ2) is 5.24. The van der Waals surface area contributed by atoms with Gasteiger partial charge in [-0.25, -0.2) is 4.79 Å². The number of rotatable bonds is 1. The Morgan fingerprint density at radius 3 is 2.32 bits per heavy atom. The summed E-state index contributed by atoms with van der Waals surface area (Å²) in [5.41, 5.74) is -0.347. The number of ether oxygens (including phenoxy) is 1. The van der Waals surface area contributed by atoms with Crippen LogP contribution in [0.15, 0.2) is 28.7 Å². The van der Waals surface area contributed by atoms with Crippen LogP contribution in [0.3, 0.4) is 0 Å². The number of benzene rings is 1. The molecule has 2 saturated heterocycles. The van der Waals surface area contributed by atoms with E-state index in [9.17, 15) is 9.90 Å². The van der Waals surface area contributed by atoms with Gasteiger partial charge in [0, 0.05) is 29.4 Å². The van der Waals surface area contributed by atoms with Crippen molar-refractivity contribution in [2.75, 3.05) is 13.1 Å². The van der Waals surface area contributed by atoms with Gasteiger partial charge in [0.15, 0.2) is 0 Å². The first kappa shape index (κ1) is 15.8.